The van der Waals surface area contributed by atoms with Crippen LogP contribution in [-0.2, 0) is 19.5 Å². The first kappa shape index (κ1) is 24.0. The molecule has 5 aromatic rings. The molecule has 3 aromatic heterocycles. The van der Waals surface area contributed by atoms with Gasteiger partial charge < -0.3 is 14.7 Å². The van der Waals surface area contributed by atoms with E-state index in [1.54, 1.807) is 11.3 Å². The van der Waals surface area contributed by atoms with E-state index in [-0.39, 0.29) is 11.9 Å². The van der Waals surface area contributed by atoms with Crippen molar-refractivity contribution in [2.45, 2.75) is 39.4 Å². The molecule has 0 radical (unpaired) electrons. The highest BCUT2D eigenvalue weighted by atomic mass is 32.1. The predicted octanol–water partition coefficient (Wildman–Crippen LogP) is 6.26. The standard InChI is InChI=1S/C29H30N4O2S/c1-20-13-15-36-27(20)17-33(14-12-23-16-30-25-11-7-6-10-24(23)25)18-28-32-26(19-35-28)29(34)31-21(2)22-8-4-3-5-9-22/h3-11,13,15-16,19,21,30H,12,14,17-18H2,1-2H3,(H,31,34)/t21-/m0/s1. The number of thiophene rings is 1. The fourth-order valence-corrected chi connectivity index (χ4v) is 5.32. The quantitative estimate of drug-likeness (QED) is 0.238. The lowest BCUT2D eigenvalue weighted by atomic mass is 10.1. The molecule has 3 heterocycles. The van der Waals surface area contributed by atoms with Crippen molar-refractivity contribution in [3.8, 4) is 0 Å². The minimum Gasteiger partial charge on any atom is -0.447 e. The Balaban J connectivity index is 1.27. The van der Waals surface area contributed by atoms with Crippen LogP contribution in [0.15, 0.2) is 82.9 Å². The largest absolute Gasteiger partial charge is 0.447 e. The van der Waals surface area contributed by atoms with Gasteiger partial charge in [0, 0.05) is 35.1 Å². The van der Waals surface area contributed by atoms with Gasteiger partial charge in [0.05, 0.1) is 12.6 Å². The van der Waals surface area contributed by atoms with Crippen molar-refractivity contribution in [1.29, 1.82) is 0 Å². The van der Waals surface area contributed by atoms with Crippen LogP contribution >= 0.6 is 11.3 Å². The van der Waals surface area contributed by atoms with Gasteiger partial charge in [-0.25, -0.2) is 4.98 Å². The molecule has 2 N–H and O–H groups in total. The lowest BCUT2D eigenvalue weighted by molar-refractivity contribution is 0.0934. The third-order valence-corrected chi connectivity index (χ3v) is 7.51. The number of aromatic nitrogens is 2. The van der Waals surface area contributed by atoms with Gasteiger partial charge in [-0.05, 0) is 54.5 Å². The number of hydrogen-bond donors (Lipinski definition) is 2. The average Bonchev–Trinajstić information content (AvgIpc) is 3.64. The summed E-state index contributed by atoms with van der Waals surface area (Å²) in [4.78, 5) is 24.3. The minimum absolute atomic E-state index is 0.117. The molecule has 7 heteroatoms. The molecule has 36 heavy (non-hydrogen) atoms. The molecule has 5 rings (SSSR count). The molecule has 0 fully saturated rings. The van der Waals surface area contributed by atoms with Gasteiger partial charge in [-0.3, -0.25) is 9.69 Å². The second-order valence-electron chi connectivity index (χ2n) is 9.08. The van der Waals surface area contributed by atoms with Crippen LogP contribution in [0.3, 0.4) is 0 Å². The number of aromatic amines is 1. The van der Waals surface area contributed by atoms with Gasteiger partial charge in [0.1, 0.15) is 6.26 Å². The van der Waals surface area contributed by atoms with Crippen molar-refractivity contribution in [3.63, 3.8) is 0 Å². The number of nitrogens with zero attached hydrogens (tertiary/aromatic N) is 2. The maximum absolute atomic E-state index is 12.8. The normalized spacial score (nSPS) is 12.3. The Labute approximate surface area is 215 Å². The molecule has 1 atom stereocenters. The van der Waals surface area contributed by atoms with E-state index >= 15 is 0 Å². The summed E-state index contributed by atoms with van der Waals surface area (Å²) < 4.78 is 5.74. The van der Waals surface area contributed by atoms with Crippen LogP contribution < -0.4 is 5.32 Å². The number of para-hydroxylation sites is 1. The highest BCUT2D eigenvalue weighted by molar-refractivity contribution is 7.10. The third kappa shape index (κ3) is 5.58. The zero-order valence-corrected chi connectivity index (χ0v) is 21.3. The van der Waals surface area contributed by atoms with Crippen molar-refractivity contribution in [3.05, 3.63) is 112 Å². The van der Waals surface area contributed by atoms with Crippen molar-refractivity contribution >= 4 is 28.1 Å². The number of carbonyl (C=O) groups is 1. The van der Waals surface area contributed by atoms with Gasteiger partial charge in [0.15, 0.2) is 5.69 Å². The van der Waals surface area contributed by atoms with Gasteiger partial charge in [0.25, 0.3) is 5.91 Å². The highest BCUT2D eigenvalue weighted by Crippen LogP contribution is 2.22. The van der Waals surface area contributed by atoms with Crippen LogP contribution in [0, 0.1) is 6.92 Å². The molecule has 1 amide bonds. The van der Waals surface area contributed by atoms with E-state index in [4.69, 9.17) is 4.42 Å². The maximum Gasteiger partial charge on any atom is 0.273 e. The van der Waals surface area contributed by atoms with Gasteiger partial charge in [-0.1, -0.05) is 48.5 Å². The zero-order valence-electron chi connectivity index (χ0n) is 20.5. The SMILES string of the molecule is Cc1ccsc1CN(CCc1c[nH]c2ccccc12)Cc1nc(C(=O)N[C@@H](C)c2ccccc2)co1. The Morgan fingerprint density at radius 3 is 2.72 bits per heavy atom. The Kier molecular flexibility index (Phi) is 7.30. The zero-order chi connectivity index (χ0) is 24.9. The van der Waals surface area contributed by atoms with E-state index < -0.39 is 0 Å². The fourth-order valence-electron chi connectivity index (χ4n) is 4.37. The van der Waals surface area contributed by atoms with Crippen molar-refractivity contribution in [2.24, 2.45) is 0 Å². The molecule has 0 aliphatic rings. The van der Waals surface area contributed by atoms with E-state index in [9.17, 15) is 4.79 Å². The monoisotopic (exact) mass is 498 g/mol. The van der Waals surface area contributed by atoms with Gasteiger partial charge in [-0.2, -0.15) is 0 Å². The van der Waals surface area contributed by atoms with Crippen LogP contribution in [0.4, 0.5) is 0 Å². The Morgan fingerprint density at radius 1 is 1.11 bits per heavy atom. The molecule has 184 valence electrons. The van der Waals surface area contributed by atoms with E-state index in [1.165, 1.54) is 27.7 Å². The van der Waals surface area contributed by atoms with Crippen molar-refractivity contribution in [2.75, 3.05) is 6.54 Å². The summed E-state index contributed by atoms with van der Waals surface area (Å²) >= 11 is 1.77. The number of aryl methyl sites for hydroxylation is 1. The number of carbonyl (C=O) groups excluding carboxylic acids is 1. The lowest BCUT2D eigenvalue weighted by Crippen LogP contribution is -2.27. The first-order valence-corrected chi connectivity index (χ1v) is 13.1. The van der Waals surface area contributed by atoms with Crippen LogP contribution in [0.2, 0.25) is 0 Å². The fraction of sp³-hybridized carbons (Fsp3) is 0.241. The van der Waals surface area contributed by atoms with Crippen LogP contribution in [0.25, 0.3) is 10.9 Å². The maximum atomic E-state index is 12.8. The summed E-state index contributed by atoms with van der Waals surface area (Å²) in [6, 6.07) is 20.3. The van der Waals surface area contributed by atoms with Gasteiger partial charge in [-0.15, -0.1) is 11.3 Å². The molecule has 2 aromatic carbocycles. The summed E-state index contributed by atoms with van der Waals surface area (Å²) in [5.74, 6) is 0.307. The molecule has 0 bridgehead atoms. The van der Waals surface area contributed by atoms with E-state index in [2.05, 4.69) is 63.0 Å². The molecule has 6 nitrogen and oxygen atoms in total. The Hall–Kier alpha value is -3.68. The summed E-state index contributed by atoms with van der Waals surface area (Å²) in [5, 5.41) is 6.39. The molecular weight excluding hydrogens is 468 g/mol. The van der Waals surface area contributed by atoms with Crippen LogP contribution in [0.1, 0.15) is 50.9 Å². The van der Waals surface area contributed by atoms with Crippen molar-refractivity contribution in [1.82, 2.24) is 20.2 Å². The van der Waals surface area contributed by atoms with Crippen LogP contribution in [0.5, 0.6) is 0 Å². The number of oxazole rings is 1. The summed E-state index contributed by atoms with van der Waals surface area (Å²) in [6.45, 7) is 6.28. The van der Waals surface area contributed by atoms with E-state index in [1.807, 2.05) is 43.3 Å². The Bertz CT molecular complexity index is 1440. The minimum atomic E-state index is -0.235. The number of fused-ring (bicyclic) bond motifs is 1. The molecule has 0 aliphatic carbocycles. The number of rotatable bonds is 10. The smallest absolute Gasteiger partial charge is 0.273 e. The number of nitrogens with one attached hydrogen (secondary N) is 2. The van der Waals surface area contributed by atoms with Gasteiger partial charge in [0.2, 0.25) is 5.89 Å². The lowest BCUT2D eigenvalue weighted by Gasteiger charge is -2.20. The summed E-state index contributed by atoms with van der Waals surface area (Å²) in [7, 11) is 0. The number of H-pyrrole nitrogens is 1. The van der Waals surface area contributed by atoms with E-state index in [0.717, 1.165) is 30.6 Å². The Morgan fingerprint density at radius 2 is 1.92 bits per heavy atom. The van der Waals surface area contributed by atoms with Crippen LogP contribution in [-0.4, -0.2) is 27.3 Å². The first-order valence-electron chi connectivity index (χ1n) is 12.2. The number of benzene rings is 2. The molecule has 0 unspecified atom stereocenters. The predicted molar refractivity (Wildman–Crippen MR) is 144 cm³/mol. The third-order valence-electron chi connectivity index (χ3n) is 6.50. The average molecular weight is 499 g/mol. The second-order valence-corrected chi connectivity index (χ2v) is 10.1. The van der Waals surface area contributed by atoms with E-state index in [0.29, 0.717) is 18.1 Å². The van der Waals surface area contributed by atoms with Gasteiger partial charge >= 0.3 is 0 Å². The number of amides is 1. The molecule has 0 saturated heterocycles. The second kappa shape index (κ2) is 10.9. The highest BCUT2D eigenvalue weighted by Gasteiger charge is 2.18. The number of hydrogen-bond acceptors (Lipinski definition) is 5. The first-order chi connectivity index (χ1) is 17.6. The molecule has 0 aliphatic heterocycles. The summed E-state index contributed by atoms with van der Waals surface area (Å²) in [6.07, 6.45) is 4.45. The molecule has 0 spiro atoms. The topological polar surface area (TPSA) is 74.2 Å². The summed E-state index contributed by atoms with van der Waals surface area (Å²) in [5.41, 5.74) is 5.09. The molecule has 0 saturated carbocycles. The van der Waals surface area contributed by atoms with Crippen molar-refractivity contribution < 1.29 is 9.21 Å². The molecular formula is C29H30N4O2S.